The topological polar surface area (TPSA) is 0 Å². The Morgan fingerprint density at radius 3 is 1.51 bits per heavy atom. The van der Waals surface area contributed by atoms with E-state index < -0.39 is 0 Å². The van der Waals surface area contributed by atoms with Gasteiger partial charge in [0.05, 0.1) is 14.9 Å². The van der Waals surface area contributed by atoms with Gasteiger partial charge in [0.25, 0.3) is 0 Å². The third kappa shape index (κ3) is 8.59. The van der Waals surface area contributed by atoms with Gasteiger partial charge in [-0.1, -0.05) is 161 Å². The first-order chi connectivity index (χ1) is 18.1. The molecule has 10 atom stereocenters. The fourth-order valence-corrected chi connectivity index (χ4v) is 10.5. The second kappa shape index (κ2) is 17.1. The number of rotatable bonds is 9. The van der Waals surface area contributed by atoms with Crippen molar-refractivity contribution in [2.45, 2.75) is 168 Å². The van der Waals surface area contributed by atoms with Crippen LogP contribution < -0.4 is 0 Å². The van der Waals surface area contributed by atoms with E-state index >= 15 is 0 Å². The van der Waals surface area contributed by atoms with E-state index in [1.807, 2.05) is 0 Å². The Labute approximate surface area is 237 Å². The number of hydrogen-bond donors (Lipinski definition) is 0. The lowest BCUT2D eigenvalue weighted by Crippen LogP contribution is -2.46. The van der Waals surface area contributed by atoms with Crippen LogP contribution in [0.25, 0.3) is 0 Å². The fraction of sp³-hybridized carbons (Fsp3) is 1.00. The highest BCUT2D eigenvalue weighted by molar-refractivity contribution is 6.90. The van der Waals surface area contributed by atoms with E-state index in [1.165, 1.54) is 103 Å². The van der Waals surface area contributed by atoms with E-state index in [1.54, 1.807) is 32.1 Å². The summed E-state index contributed by atoms with van der Waals surface area (Å²) in [6.07, 6.45) is 30.0. The molecule has 0 saturated heterocycles. The molecule has 0 spiro atoms. The van der Waals surface area contributed by atoms with Crippen LogP contribution in [0.5, 0.6) is 0 Å². The summed E-state index contributed by atoms with van der Waals surface area (Å²) >= 11 is 0. The first-order valence-electron chi connectivity index (χ1n) is 18.1. The summed E-state index contributed by atoms with van der Waals surface area (Å²) in [4.78, 5) is 0. The van der Waals surface area contributed by atoms with Gasteiger partial charge in [0.1, 0.15) is 7.85 Å². The zero-order valence-corrected chi connectivity index (χ0v) is 26.6. The monoisotopic (exact) mass is 509 g/mol. The highest BCUT2D eigenvalue weighted by Crippen LogP contribution is 2.58. The molecular weight excluding hydrogens is 441 g/mol. The van der Waals surface area contributed by atoms with Crippen LogP contribution in [0.2, 0.25) is 11.6 Å². The summed E-state index contributed by atoms with van der Waals surface area (Å²) in [6, 6.07) is 0. The molecule has 10 unspecified atom stereocenters. The molecule has 0 amide bonds. The van der Waals surface area contributed by atoms with E-state index in [0.717, 1.165) is 59.0 Å². The molecular formula is C34H67B3. The van der Waals surface area contributed by atoms with E-state index in [9.17, 15) is 0 Å². The Morgan fingerprint density at radius 2 is 0.973 bits per heavy atom. The minimum atomic E-state index is 1.00. The van der Waals surface area contributed by atoms with Crippen LogP contribution in [-0.2, 0) is 0 Å². The Hall–Kier alpha value is 0.195. The Bertz CT molecular complexity index is 594. The van der Waals surface area contributed by atoms with E-state index in [0.29, 0.717) is 0 Å². The van der Waals surface area contributed by atoms with Crippen molar-refractivity contribution in [3.05, 3.63) is 0 Å². The lowest BCUT2D eigenvalue weighted by molar-refractivity contribution is 0.0329. The highest BCUT2D eigenvalue weighted by atomic mass is 14.5. The zero-order valence-electron chi connectivity index (χ0n) is 26.6. The van der Waals surface area contributed by atoms with Crippen molar-refractivity contribution in [3.63, 3.8) is 0 Å². The molecule has 212 valence electrons. The molecule has 0 nitrogen and oxygen atoms in total. The smallest absolute Gasteiger partial charge is 0.0676 e. The van der Waals surface area contributed by atoms with E-state index in [4.69, 9.17) is 0 Å². The molecule has 4 fully saturated rings. The molecule has 4 saturated carbocycles. The first kappa shape index (κ1) is 31.7. The first-order valence-corrected chi connectivity index (χ1v) is 18.1. The predicted octanol–water partition coefficient (Wildman–Crippen LogP) is 9.03. The van der Waals surface area contributed by atoms with Crippen molar-refractivity contribution in [3.8, 4) is 0 Å². The van der Waals surface area contributed by atoms with Gasteiger partial charge in [0, 0.05) is 0 Å². The van der Waals surface area contributed by atoms with Crippen molar-refractivity contribution >= 4 is 22.8 Å². The van der Waals surface area contributed by atoms with Crippen molar-refractivity contribution in [1.29, 1.82) is 0 Å². The average Bonchev–Trinajstić information content (AvgIpc) is 2.89. The fourth-order valence-electron chi connectivity index (χ4n) is 10.5. The summed E-state index contributed by atoms with van der Waals surface area (Å²) in [5.41, 5.74) is 0. The molecule has 0 aromatic carbocycles. The Kier molecular flexibility index (Phi) is 14.7. The van der Waals surface area contributed by atoms with Gasteiger partial charge in [0.15, 0.2) is 0 Å². The van der Waals surface area contributed by atoms with Crippen LogP contribution in [0.15, 0.2) is 0 Å². The summed E-state index contributed by atoms with van der Waals surface area (Å²) in [5.74, 6) is 10.5. The van der Waals surface area contributed by atoms with E-state index in [2.05, 4.69) is 43.3 Å². The Balaban J connectivity index is 1.68. The van der Waals surface area contributed by atoms with Crippen LogP contribution in [0.3, 0.4) is 0 Å². The maximum atomic E-state index is 2.63. The van der Waals surface area contributed by atoms with Crippen LogP contribution >= 0.6 is 0 Å². The summed E-state index contributed by atoms with van der Waals surface area (Å²) in [5, 5.41) is 0. The van der Waals surface area contributed by atoms with Crippen LogP contribution in [0, 0.1) is 47.3 Å². The van der Waals surface area contributed by atoms with Gasteiger partial charge in [-0.3, -0.25) is 0 Å². The molecule has 0 aromatic rings. The lowest BCUT2D eigenvalue weighted by atomic mass is 9.32. The van der Waals surface area contributed by atoms with Gasteiger partial charge in [0.2, 0.25) is 0 Å². The van der Waals surface area contributed by atoms with Crippen molar-refractivity contribution in [2.24, 2.45) is 47.3 Å². The predicted molar refractivity (Wildman–Crippen MR) is 175 cm³/mol. The van der Waals surface area contributed by atoms with Gasteiger partial charge in [-0.15, -0.1) is 0 Å². The minimum absolute atomic E-state index is 1.00. The molecule has 0 heterocycles. The SMILES string of the molecule is BBC1C2CCCCC3C(CCC)C(B)C3CCC(CCC)CCCCC(CCC)CCC1C2CCC. The largest absolute Gasteiger partial charge is 0.106 e. The van der Waals surface area contributed by atoms with Crippen molar-refractivity contribution in [1.82, 2.24) is 0 Å². The van der Waals surface area contributed by atoms with Gasteiger partial charge in [-0.25, -0.2) is 0 Å². The highest BCUT2D eigenvalue weighted by Gasteiger charge is 2.48. The number of hydrogen-bond acceptors (Lipinski definition) is 0. The summed E-state index contributed by atoms with van der Waals surface area (Å²) in [6.45, 7) is 9.74. The maximum Gasteiger partial charge on any atom is 0.106 e. The number of fused-ring (bicyclic) bond motifs is 12. The zero-order chi connectivity index (χ0) is 26.6. The molecule has 0 aliphatic heterocycles. The van der Waals surface area contributed by atoms with Crippen LogP contribution in [0.4, 0.5) is 0 Å². The normalized spacial score (nSPS) is 40.2. The van der Waals surface area contributed by atoms with Crippen LogP contribution in [0.1, 0.15) is 156 Å². The third-order valence-electron chi connectivity index (χ3n) is 12.4. The Morgan fingerprint density at radius 1 is 0.514 bits per heavy atom. The quantitative estimate of drug-likeness (QED) is 0.273. The molecule has 2 bridgehead atoms. The molecule has 4 rings (SSSR count). The molecule has 0 N–H and O–H groups in total. The van der Waals surface area contributed by atoms with Crippen LogP contribution in [-0.4, -0.2) is 22.8 Å². The van der Waals surface area contributed by atoms with Crippen molar-refractivity contribution in [2.75, 3.05) is 0 Å². The second-order valence-corrected chi connectivity index (χ2v) is 14.5. The molecule has 0 radical (unpaired) electrons. The van der Waals surface area contributed by atoms with Crippen molar-refractivity contribution < 1.29 is 0 Å². The molecule has 37 heavy (non-hydrogen) atoms. The molecule has 4 aliphatic carbocycles. The average molecular weight is 508 g/mol. The lowest BCUT2D eigenvalue weighted by Gasteiger charge is -2.54. The summed E-state index contributed by atoms with van der Waals surface area (Å²) < 4.78 is 0. The standard InChI is InChI=1S/C34H67B3/c1-5-13-25-17-9-10-18-26(14-6-2)22-24-32-27(15-7-3)31(34(32)37-36)20-12-11-19-28-29(16-8-4)33(35)30(28)23-21-25/h25-34,37H,5-24,35-36H2,1-4H3. The molecule has 4 aliphatic rings. The van der Waals surface area contributed by atoms with Gasteiger partial charge in [-0.05, 0) is 53.8 Å². The van der Waals surface area contributed by atoms with Gasteiger partial charge >= 0.3 is 0 Å². The minimum Gasteiger partial charge on any atom is -0.0676 e. The van der Waals surface area contributed by atoms with Gasteiger partial charge in [-0.2, -0.15) is 0 Å². The third-order valence-corrected chi connectivity index (χ3v) is 12.4. The second-order valence-electron chi connectivity index (χ2n) is 14.5. The van der Waals surface area contributed by atoms with Gasteiger partial charge < -0.3 is 0 Å². The van der Waals surface area contributed by atoms with E-state index in [-0.39, 0.29) is 0 Å². The molecule has 3 heteroatoms. The summed E-state index contributed by atoms with van der Waals surface area (Å²) in [7, 11) is 6.61. The maximum absolute atomic E-state index is 2.63. The molecule has 0 aromatic heterocycles.